The van der Waals surface area contributed by atoms with E-state index in [9.17, 15) is 0 Å². The van der Waals surface area contributed by atoms with Gasteiger partial charge in [0, 0.05) is 12.7 Å². The van der Waals surface area contributed by atoms with E-state index in [1.807, 2.05) is 23.7 Å². The van der Waals surface area contributed by atoms with Gasteiger partial charge in [-0.1, -0.05) is 0 Å². The maximum absolute atomic E-state index is 5.68. The minimum absolute atomic E-state index is 0.576. The first kappa shape index (κ1) is 13.1. The fraction of sp³-hybridized carbons (Fsp3) is 0.385. The van der Waals surface area contributed by atoms with E-state index in [1.165, 1.54) is 11.3 Å². The van der Waals surface area contributed by atoms with E-state index in [-0.39, 0.29) is 0 Å². The predicted octanol–water partition coefficient (Wildman–Crippen LogP) is 2.74. The Bertz CT molecular complexity index is 548. The molecule has 0 fully saturated rings. The van der Waals surface area contributed by atoms with Gasteiger partial charge in [0.05, 0.1) is 15.9 Å². The third-order valence-corrected chi connectivity index (χ3v) is 3.98. The molecule has 0 spiro atoms. The standard InChI is InChI=1S/C13H17BrN4/c1-3-18-11(13(14)9(2)17-18)5-4-10-6-7-16-12(15)8-10/h6-8H,3-5H2,1-2H3,(H2,15,16). The van der Waals surface area contributed by atoms with Gasteiger partial charge in [-0.05, 0) is 60.3 Å². The maximum atomic E-state index is 5.68. The van der Waals surface area contributed by atoms with Gasteiger partial charge in [0.2, 0.25) is 0 Å². The van der Waals surface area contributed by atoms with Gasteiger partial charge in [-0.25, -0.2) is 4.98 Å². The molecule has 2 heterocycles. The highest BCUT2D eigenvalue weighted by Crippen LogP contribution is 2.22. The molecule has 0 aliphatic carbocycles. The first-order valence-electron chi connectivity index (χ1n) is 6.04. The lowest BCUT2D eigenvalue weighted by atomic mass is 10.1. The van der Waals surface area contributed by atoms with Crippen LogP contribution in [0.25, 0.3) is 0 Å². The Balaban J connectivity index is 2.15. The molecule has 0 bridgehead atoms. The van der Waals surface area contributed by atoms with Crippen LogP contribution in [0.3, 0.4) is 0 Å². The zero-order valence-electron chi connectivity index (χ0n) is 10.7. The molecule has 2 aromatic heterocycles. The lowest BCUT2D eigenvalue weighted by Gasteiger charge is -2.06. The summed E-state index contributed by atoms with van der Waals surface area (Å²) in [5.41, 5.74) is 9.17. The van der Waals surface area contributed by atoms with Gasteiger partial charge in [0.25, 0.3) is 0 Å². The normalized spacial score (nSPS) is 10.8. The molecular weight excluding hydrogens is 292 g/mol. The van der Waals surface area contributed by atoms with Crippen LogP contribution in [0.1, 0.15) is 23.9 Å². The van der Waals surface area contributed by atoms with E-state index in [0.717, 1.165) is 29.6 Å². The molecular formula is C13H17BrN4. The lowest BCUT2D eigenvalue weighted by Crippen LogP contribution is -2.05. The topological polar surface area (TPSA) is 56.7 Å². The largest absolute Gasteiger partial charge is 0.384 e. The number of hydrogen-bond donors (Lipinski definition) is 1. The number of anilines is 1. The van der Waals surface area contributed by atoms with Crippen molar-refractivity contribution in [2.24, 2.45) is 0 Å². The van der Waals surface area contributed by atoms with E-state index in [4.69, 9.17) is 5.73 Å². The molecule has 0 aromatic carbocycles. The Morgan fingerprint density at radius 1 is 1.39 bits per heavy atom. The number of aromatic nitrogens is 3. The van der Waals surface area contributed by atoms with Crippen molar-refractivity contribution in [2.75, 3.05) is 5.73 Å². The number of hydrogen-bond acceptors (Lipinski definition) is 3. The molecule has 0 aliphatic rings. The summed E-state index contributed by atoms with van der Waals surface area (Å²) in [5.74, 6) is 0.576. The van der Waals surface area contributed by atoms with E-state index < -0.39 is 0 Å². The molecule has 4 nitrogen and oxygen atoms in total. The molecule has 0 saturated carbocycles. The Hall–Kier alpha value is -1.36. The minimum atomic E-state index is 0.576. The van der Waals surface area contributed by atoms with Crippen LogP contribution in [0.5, 0.6) is 0 Å². The zero-order chi connectivity index (χ0) is 13.1. The number of pyridine rings is 1. The SMILES string of the molecule is CCn1nc(C)c(Br)c1CCc1ccnc(N)c1. The molecule has 0 saturated heterocycles. The Morgan fingerprint density at radius 2 is 2.17 bits per heavy atom. The fourth-order valence-corrected chi connectivity index (χ4v) is 2.50. The molecule has 18 heavy (non-hydrogen) atoms. The van der Waals surface area contributed by atoms with Crippen molar-refractivity contribution in [3.8, 4) is 0 Å². The fourth-order valence-electron chi connectivity index (χ4n) is 2.02. The molecule has 0 unspecified atom stereocenters. The number of nitrogens with zero attached hydrogens (tertiary/aromatic N) is 3. The summed E-state index contributed by atoms with van der Waals surface area (Å²) in [4.78, 5) is 4.00. The highest BCUT2D eigenvalue weighted by Gasteiger charge is 2.11. The number of rotatable bonds is 4. The molecule has 5 heteroatoms. The first-order chi connectivity index (χ1) is 8.61. The second-order valence-electron chi connectivity index (χ2n) is 4.25. The van der Waals surface area contributed by atoms with Crippen LogP contribution in [0, 0.1) is 6.92 Å². The van der Waals surface area contributed by atoms with Gasteiger partial charge in [0.15, 0.2) is 0 Å². The van der Waals surface area contributed by atoms with Crippen molar-refractivity contribution in [3.63, 3.8) is 0 Å². The van der Waals surface area contributed by atoms with Crippen molar-refractivity contribution in [1.29, 1.82) is 0 Å². The summed E-state index contributed by atoms with van der Waals surface area (Å²) in [6, 6.07) is 3.93. The van der Waals surface area contributed by atoms with E-state index in [1.54, 1.807) is 6.20 Å². The van der Waals surface area contributed by atoms with E-state index >= 15 is 0 Å². The zero-order valence-corrected chi connectivity index (χ0v) is 12.2. The summed E-state index contributed by atoms with van der Waals surface area (Å²) in [6.45, 7) is 5.01. The Labute approximate surface area is 115 Å². The van der Waals surface area contributed by atoms with Gasteiger partial charge in [-0.3, -0.25) is 4.68 Å². The smallest absolute Gasteiger partial charge is 0.123 e. The summed E-state index contributed by atoms with van der Waals surface area (Å²) >= 11 is 3.61. The maximum Gasteiger partial charge on any atom is 0.123 e. The molecule has 0 aliphatic heterocycles. The van der Waals surface area contributed by atoms with Crippen LogP contribution >= 0.6 is 15.9 Å². The van der Waals surface area contributed by atoms with Crippen molar-refractivity contribution < 1.29 is 0 Å². The first-order valence-corrected chi connectivity index (χ1v) is 6.83. The average molecular weight is 309 g/mol. The predicted molar refractivity (Wildman–Crippen MR) is 76.4 cm³/mol. The van der Waals surface area contributed by atoms with Crippen LogP contribution < -0.4 is 5.73 Å². The Morgan fingerprint density at radius 3 is 2.83 bits per heavy atom. The second-order valence-corrected chi connectivity index (χ2v) is 5.04. The van der Waals surface area contributed by atoms with Crippen molar-refractivity contribution in [3.05, 3.63) is 39.8 Å². The van der Waals surface area contributed by atoms with E-state index in [2.05, 4.69) is 32.9 Å². The van der Waals surface area contributed by atoms with Gasteiger partial charge in [-0.15, -0.1) is 0 Å². The Kier molecular flexibility index (Phi) is 4.01. The monoisotopic (exact) mass is 308 g/mol. The van der Waals surface area contributed by atoms with Crippen LogP contribution in [-0.2, 0) is 19.4 Å². The van der Waals surface area contributed by atoms with Crippen LogP contribution in [0.2, 0.25) is 0 Å². The van der Waals surface area contributed by atoms with Crippen LogP contribution in [0.4, 0.5) is 5.82 Å². The summed E-state index contributed by atoms with van der Waals surface area (Å²) in [6.07, 6.45) is 3.64. The molecule has 0 amide bonds. The van der Waals surface area contributed by atoms with Crippen molar-refractivity contribution >= 4 is 21.7 Å². The van der Waals surface area contributed by atoms with E-state index in [0.29, 0.717) is 5.82 Å². The van der Waals surface area contributed by atoms with Gasteiger partial charge >= 0.3 is 0 Å². The van der Waals surface area contributed by atoms with Gasteiger partial charge in [0.1, 0.15) is 5.82 Å². The molecule has 0 radical (unpaired) electrons. The highest BCUT2D eigenvalue weighted by atomic mass is 79.9. The van der Waals surface area contributed by atoms with Crippen molar-refractivity contribution in [2.45, 2.75) is 33.2 Å². The van der Waals surface area contributed by atoms with Gasteiger partial charge in [-0.2, -0.15) is 5.10 Å². The highest BCUT2D eigenvalue weighted by molar-refractivity contribution is 9.10. The molecule has 2 rings (SSSR count). The third-order valence-electron chi connectivity index (χ3n) is 2.95. The average Bonchev–Trinajstić information content (AvgIpc) is 2.63. The number of halogens is 1. The van der Waals surface area contributed by atoms with Crippen LogP contribution in [0.15, 0.2) is 22.8 Å². The quantitative estimate of drug-likeness (QED) is 0.945. The van der Waals surface area contributed by atoms with Crippen LogP contribution in [-0.4, -0.2) is 14.8 Å². The number of nitrogen functional groups attached to an aromatic ring is 1. The van der Waals surface area contributed by atoms with Gasteiger partial charge < -0.3 is 5.73 Å². The summed E-state index contributed by atoms with van der Waals surface area (Å²) in [5, 5.41) is 4.49. The minimum Gasteiger partial charge on any atom is -0.384 e. The lowest BCUT2D eigenvalue weighted by molar-refractivity contribution is 0.613. The summed E-state index contributed by atoms with van der Waals surface area (Å²) in [7, 11) is 0. The number of nitrogens with two attached hydrogens (primary N) is 1. The molecule has 96 valence electrons. The number of aryl methyl sites for hydroxylation is 3. The second kappa shape index (κ2) is 5.52. The molecule has 2 aromatic rings. The summed E-state index contributed by atoms with van der Waals surface area (Å²) < 4.78 is 3.16. The molecule has 0 atom stereocenters. The molecule has 2 N–H and O–H groups in total. The third kappa shape index (κ3) is 2.72. The van der Waals surface area contributed by atoms with Crippen molar-refractivity contribution in [1.82, 2.24) is 14.8 Å².